The normalized spacial score (nSPS) is 12.7. The lowest BCUT2D eigenvalue weighted by atomic mass is 10.0. The lowest BCUT2D eigenvalue weighted by Crippen LogP contribution is -2.45. The van der Waals surface area contributed by atoms with E-state index in [4.69, 9.17) is 4.74 Å². The summed E-state index contributed by atoms with van der Waals surface area (Å²) < 4.78 is 5.51. The first-order valence-corrected chi connectivity index (χ1v) is 39.3. The number of ether oxygens (including phenoxy) is 1. The summed E-state index contributed by atoms with van der Waals surface area (Å²) in [7, 11) is 0. The molecule has 0 heterocycles. The minimum absolute atomic E-state index is 0.0172. The highest BCUT2D eigenvalue weighted by Crippen LogP contribution is 2.19. The summed E-state index contributed by atoms with van der Waals surface area (Å²) >= 11 is 0. The Morgan fingerprint density at radius 1 is 0.314 bits per heavy atom. The van der Waals surface area contributed by atoms with Crippen LogP contribution in [0.5, 0.6) is 0 Å². The molecule has 6 heteroatoms. The first-order chi connectivity index (χ1) is 42.5. The second-order valence-electron chi connectivity index (χ2n) is 27.0. The highest BCUT2D eigenvalue weighted by atomic mass is 16.5. The van der Waals surface area contributed by atoms with Crippen molar-refractivity contribution in [3.63, 3.8) is 0 Å². The van der Waals surface area contributed by atoms with Crippen molar-refractivity contribution in [2.75, 3.05) is 13.2 Å². The van der Waals surface area contributed by atoms with Crippen molar-refractivity contribution in [3.8, 4) is 0 Å². The number of aliphatic hydroxyl groups is 2. The molecule has 508 valence electrons. The molecule has 6 nitrogen and oxygen atoms in total. The fourth-order valence-electron chi connectivity index (χ4n) is 12.4. The van der Waals surface area contributed by atoms with Crippen LogP contribution in [-0.4, -0.2) is 47.4 Å². The summed E-state index contributed by atoms with van der Waals surface area (Å²) in [5.41, 5.74) is 0. The van der Waals surface area contributed by atoms with Crippen molar-refractivity contribution >= 4 is 11.9 Å². The molecular weight excluding hydrogens is 1050 g/mol. The van der Waals surface area contributed by atoms with Gasteiger partial charge in [0.25, 0.3) is 0 Å². The summed E-state index contributed by atoms with van der Waals surface area (Å²) in [5.74, 6) is -0.0452. The van der Waals surface area contributed by atoms with Crippen molar-refractivity contribution in [3.05, 3.63) is 36.5 Å². The molecular formula is C80H153NO5. The van der Waals surface area contributed by atoms with Crippen LogP contribution >= 0.6 is 0 Å². The molecule has 0 radical (unpaired) electrons. The first-order valence-electron chi connectivity index (χ1n) is 39.3. The van der Waals surface area contributed by atoms with Crippen LogP contribution in [-0.2, 0) is 14.3 Å². The average molecular weight is 1210 g/mol. The highest BCUT2D eigenvalue weighted by molar-refractivity contribution is 5.76. The maximum Gasteiger partial charge on any atom is 0.305 e. The van der Waals surface area contributed by atoms with Crippen molar-refractivity contribution in [1.29, 1.82) is 0 Å². The van der Waals surface area contributed by atoms with Crippen molar-refractivity contribution in [1.82, 2.24) is 5.32 Å². The predicted molar refractivity (Wildman–Crippen MR) is 379 cm³/mol. The molecule has 0 fully saturated rings. The van der Waals surface area contributed by atoms with E-state index in [1.165, 1.54) is 372 Å². The molecule has 0 aromatic carbocycles. The van der Waals surface area contributed by atoms with Gasteiger partial charge >= 0.3 is 5.97 Å². The van der Waals surface area contributed by atoms with E-state index >= 15 is 0 Å². The van der Waals surface area contributed by atoms with Gasteiger partial charge in [0.15, 0.2) is 0 Å². The number of hydrogen-bond acceptors (Lipinski definition) is 5. The second-order valence-corrected chi connectivity index (χ2v) is 27.0. The van der Waals surface area contributed by atoms with E-state index in [2.05, 4.69) is 43.5 Å². The lowest BCUT2D eigenvalue weighted by molar-refractivity contribution is -0.143. The molecule has 0 aromatic rings. The van der Waals surface area contributed by atoms with E-state index in [0.717, 1.165) is 38.5 Å². The molecule has 0 aromatic heterocycles. The Kier molecular flexibility index (Phi) is 73.9. The van der Waals surface area contributed by atoms with Crippen LogP contribution in [0.2, 0.25) is 0 Å². The molecule has 0 spiro atoms. The lowest BCUT2D eigenvalue weighted by Gasteiger charge is -2.20. The Labute approximate surface area is 538 Å². The fraction of sp³-hybridized carbons (Fsp3) is 0.900. The van der Waals surface area contributed by atoms with E-state index in [1.807, 2.05) is 6.08 Å². The number of carbonyl (C=O) groups excluding carboxylic acids is 2. The topological polar surface area (TPSA) is 95.9 Å². The molecule has 0 bridgehead atoms. The summed E-state index contributed by atoms with van der Waals surface area (Å²) in [6, 6.07) is -0.628. The highest BCUT2D eigenvalue weighted by Gasteiger charge is 2.18. The van der Waals surface area contributed by atoms with Gasteiger partial charge in [-0.15, -0.1) is 0 Å². The number of unbranched alkanes of at least 4 members (excludes halogenated alkanes) is 59. The van der Waals surface area contributed by atoms with Gasteiger partial charge in [0.05, 0.1) is 25.4 Å². The smallest absolute Gasteiger partial charge is 0.305 e. The standard InChI is InChI=1S/C80H153NO5/c1-3-5-7-9-11-13-15-17-19-21-23-37-40-44-48-52-56-60-64-68-72-78(83)77(76-82)81-79(84)73-69-65-61-57-53-49-45-41-38-34-32-30-28-26-24-25-27-29-31-33-35-39-43-47-51-55-59-63-67-71-75-86-80(85)74-70-66-62-58-54-50-46-42-36-22-20-18-16-14-12-10-8-6-4-2/h18,20,25,27,68,72,77-78,82-83H,3-17,19,21-24,26,28-67,69-71,73-76H2,1-2H3,(H,81,84)/b20-18-,27-25-,72-68+. The Balaban J connectivity index is 3.37. The van der Waals surface area contributed by atoms with Crippen LogP contribution < -0.4 is 5.32 Å². The van der Waals surface area contributed by atoms with Gasteiger partial charge in [0.2, 0.25) is 5.91 Å². The van der Waals surface area contributed by atoms with E-state index in [1.54, 1.807) is 6.08 Å². The third kappa shape index (κ3) is 71.2. The largest absolute Gasteiger partial charge is 0.466 e. The van der Waals surface area contributed by atoms with Crippen molar-refractivity contribution in [2.24, 2.45) is 0 Å². The van der Waals surface area contributed by atoms with Gasteiger partial charge in [0, 0.05) is 12.8 Å². The molecule has 0 rings (SSSR count). The van der Waals surface area contributed by atoms with Gasteiger partial charge in [-0.1, -0.05) is 378 Å². The van der Waals surface area contributed by atoms with Gasteiger partial charge in [0.1, 0.15) is 0 Å². The first kappa shape index (κ1) is 84.1. The number of aliphatic hydroxyl groups excluding tert-OH is 2. The van der Waals surface area contributed by atoms with Crippen LogP contribution in [0.1, 0.15) is 438 Å². The second kappa shape index (κ2) is 75.5. The Morgan fingerprint density at radius 2 is 0.547 bits per heavy atom. The number of carbonyl (C=O) groups is 2. The maximum absolute atomic E-state index is 12.5. The zero-order valence-corrected chi connectivity index (χ0v) is 58.3. The molecule has 1 amide bonds. The van der Waals surface area contributed by atoms with Crippen LogP contribution in [0.3, 0.4) is 0 Å². The van der Waals surface area contributed by atoms with Gasteiger partial charge < -0.3 is 20.3 Å². The molecule has 0 saturated heterocycles. The maximum atomic E-state index is 12.5. The zero-order valence-electron chi connectivity index (χ0n) is 58.3. The third-order valence-electron chi connectivity index (χ3n) is 18.4. The van der Waals surface area contributed by atoms with E-state index < -0.39 is 12.1 Å². The number of esters is 1. The van der Waals surface area contributed by atoms with Gasteiger partial charge in [-0.25, -0.2) is 0 Å². The van der Waals surface area contributed by atoms with E-state index in [0.29, 0.717) is 19.4 Å². The van der Waals surface area contributed by atoms with E-state index in [-0.39, 0.29) is 18.5 Å². The van der Waals surface area contributed by atoms with Crippen LogP contribution in [0.25, 0.3) is 0 Å². The molecule has 3 N–H and O–H groups in total. The quantitative estimate of drug-likeness (QED) is 0.0320. The van der Waals surface area contributed by atoms with Crippen molar-refractivity contribution in [2.45, 2.75) is 450 Å². The molecule has 2 atom stereocenters. The van der Waals surface area contributed by atoms with Crippen LogP contribution in [0.15, 0.2) is 36.5 Å². The average Bonchev–Trinajstić information content (AvgIpc) is 3.54. The van der Waals surface area contributed by atoms with E-state index in [9.17, 15) is 19.8 Å². The Hall–Kier alpha value is -1.92. The summed E-state index contributed by atoms with van der Waals surface area (Å²) in [5, 5.41) is 23.3. The van der Waals surface area contributed by atoms with Crippen molar-refractivity contribution < 1.29 is 24.5 Å². The Morgan fingerprint density at radius 3 is 0.826 bits per heavy atom. The third-order valence-corrected chi connectivity index (χ3v) is 18.4. The molecule has 0 aliphatic carbocycles. The molecule has 86 heavy (non-hydrogen) atoms. The number of allylic oxidation sites excluding steroid dienone is 5. The number of hydrogen-bond donors (Lipinski definition) is 3. The van der Waals surface area contributed by atoms with Gasteiger partial charge in [-0.3, -0.25) is 9.59 Å². The summed E-state index contributed by atoms with van der Waals surface area (Å²) in [6.45, 7) is 4.95. The minimum Gasteiger partial charge on any atom is -0.466 e. The predicted octanol–water partition coefficient (Wildman–Crippen LogP) is 25.8. The summed E-state index contributed by atoms with van der Waals surface area (Å²) in [6.07, 6.45) is 98.3. The number of nitrogens with one attached hydrogen (secondary N) is 1. The minimum atomic E-state index is -0.845. The fourth-order valence-corrected chi connectivity index (χ4v) is 12.4. The van der Waals surface area contributed by atoms with Gasteiger partial charge in [-0.05, 0) is 83.5 Å². The number of amides is 1. The SMILES string of the molecule is CCCCCCCC/C=C\CCCCCCCCCCCC(=O)OCCCCCCCCCCCCCC/C=C\CCCCCCCCCCCCCCCCC(=O)NC(CO)C(O)/C=C/CCCCCCCCCCCCCCCCCCCC. The van der Waals surface area contributed by atoms with Gasteiger partial charge in [-0.2, -0.15) is 0 Å². The number of rotatable bonds is 74. The molecule has 0 aliphatic heterocycles. The summed E-state index contributed by atoms with van der Waals surface area (Å²) in [4.78, 5) is 24.7. The van der Waals surface area contributed by atoms with Crippen LogP contribution in [0.4, 0.5) is 0 Å². The molecule has 0 aliphatic rings. The molecule has 0 saturated carbocycles. The zero-order chi connectivity index (χ0) is 62.0. The van der Waals surface area contributed by atoms with Crippen LogP contribution in [0, 0.1) is 0 Å². The monoisotopic (exact) mass is 1210 g/mol. The molecule has 2 unspecified atom stereocenters. The Bertz CT molecular complexity index is 1390.